The molecule has 1 atom stereocenters. The van der Waals surface area contributed by atoms with Gasteiger partial charge in [-0.05, 0) is 32.1 Å². The molecule has 2 aliphatic carbocycles. The van der Waals surface area contributed by atoms with Crippen LogP contribution in [0, 0.1) is 0 Å². The van der Waals surface area contributed by atoms with E-state index in [1.54, 1.807) is 0 Å². The zero-order valence-corrected chi connectivity index (χ0v) is 8.79. The quantitative estimate of drug-likeness (QED) is 0.670. The second-order valence-electron chi connectivity index (χ2n) is 4.83. The number of H-pyrrole nitrogens is 1. The minimum Gasteiger partial charge on any atom is -0.384 e. The summed E-state index contributed by atoms with van der Waals surface area (Å²) in [6.07, 6.45) is 5.18. The van der Waals surface area contributed by atoms with Gasteiger partial charge in [0.25, 0.3) is 0 Å². The monoisotopic (exact) mass is 207 g/mol. The van der Waals surface area contributed by atoms with E-state index in [0.29, 0.717) is 12.5 Å². The first-order valence-electron chi connectivity index (χ1n) is 5.74. The molecule has 0 aliphatic heterocycles. The number of hydrogen-bond donors (Lipinski definition) is 3. The summed E-state index contributed by atoms with van der Waals surface area (Å²) in [5, 5.41) is 17.9. The number of nitrogens with one attached hydrogen (secondary N) is 1. The fourth-order valence-corrected chi connectivity index (χ4v) is 2.63. The summed E-state index contributed by atoms with van der Waals surface area (Å²) in [4.78, 5) is 0. The predicted octanol–water partition coefficient (Wildman–Crippen LogP) is 0.770. The number of rotatable bonds is 2. The molecule has 1 saturated carbocycles. The summed E-state index contributed by atoms with van der Waals surface area (Å²) in [6.45, 7) is 0.305. The van der Waals surface area contributed by atoms with Crippen molar-refractivity contribution >= 4 is 0 Å². The minimum atomic E-state index is -0.821. The van der Waals surface area contributed by atoms with Gasteiger partial charge in [-0.25, -0.2) is 0 Å². The molecule has 1 unspecified atom stereocenters. The topological polar surface area (TPSA) is 74.9 Å². The van der Waals surface area contributed by atoms with Gasteiger partial charge >= 0.3 is 0 Å². The van der Waals surface area contributed by atoms with Gasteiger partial charge in [0.2, 0.25) is 0 Å². The Balaban J connectivity index is 2.10. The lowest BCUT2D eigenvalue weighted by atomic mass is 9.80. The van der Waals surface area contributed by atoms with E-state index in [2.05, 4.69) is 10.2 Å². The Kier molecular flexibility index (Phi) is 1.91. The minimum absolute atomic E-state index is 0.305. The number of aromatic amines is 1. The molecule has 15 heavy (non-hydrogen) atoms. The maximum absolute atomic E-state index is 10.5. The Morgan fingerprint density at radius 2 is 2.33 bits per heavy atom. The zero-order chi connectivity index (χ0) is 10.5. The molecular weight excluding hydrogens is 190 g/mol. The number of hydrogen-bond acceptors (Lipinski definition) is 3. The molecular formula is C11H17N3O. The number of aromatic nitrogens is 2. The van der Waals surface area contributed by atoms with E-state index < -0.39 is 5.60 Å². The number of nitrogens with two attached hydrogens (primary N) is 1. The maximum Gasteiger partial charge on any atom is 0.105 e. The molecule has 1 aromatic heterocycles. The highest BCUT2D eigenvalue weighted by atomic mass is 16.3. The fourth-order valence-electron chi connectivity index (χ4n) is 2.63. The summed E-state index contributed by atoms with van der Waals surface area (Å²) in [5.41, 5.74) is 8.10. The fraction of sp³-hybridized carbons (Fsp3) is 0.727. The van der Waals surface area contributed by atoms with Gasteiger partial charge in [-0.15, -0.1) is 0 Å². The van der Waals surface area contributed by atoms with Crippen molar-refractivity contribution in [1.29, 1.82) is 0 Å². The van der Waals surface area contributed by atoms with Gasteiger partial charge in [-0.2, -0.15) is 5.10 Å². The third kappa shape index (κ3) is 1.32. The molecule has 0 spiro atoms. The van der Waals surface area contributed by atoms with Crippen LogP contribution in [-0.2, 0) is 12.0 Å². The lowest BCUT2D eigenvalue weighted by molar-refractivity contribution is 0.0270. The van der Waals surface area contributed by atoms with Crippen molar-refractivity contribution in [2.45, 2.75) is 43.6 Å². The molecule has 1 aromatic rings. The molecule has 4 N–H and O–H groups in total. The molecule has 1 fully saturated rings. The van der Waals surface area contributed by atoms with Crippen LogP contribution in [0.1, 0.15) is 48.6 Å². The van der Waals surface area contributed by atoms with Crippen molar-refractivity contribution in [2.24, 2.45) is 5.73 Å². The largest absolute Gasteiger partial charge is 0.384 e. The third-order valence-electron chi connectivity index (χ3n) is 3.65. The van der Waals surface area contributed by atoms with Crippen LogP contribution in [-0.4, -0.2) is 21.8 Å². The number of nitrogens with zero attached hydrogens (tertiary/aromatic N) is 1. The average molecular weight is 207 g/mol. The third-order valence-corrected chi connectivity index (χ3v) is 3.65. The van der Waals surface area contributed by atoms with E-state index in [0.717, 1.165) is 36.2 Å². The first-order chi connectivity index (χ1) is 7.24. The highest BCUT2D eigenvalue weighted by Crippen LogP contribution is 2.46. The van der Waals surface area contributed by atoms with Crippen LogP contribution in [0.5, 0.6) is 0 Å². The lowest BCUT2D eigenvalue weighted by Gasteiger charge is -2.31. The molecule has 2 aliphatic rings. The predicted molar refractivity (Wildman–Crippen MR) is 56.5 cm³/mol. The van der Waals surface area contributed by atoms with Crippen LogP contribution in [0.2, 0.25) is 0 Å². The van der Waals surface area contributed by atoms with E-state index in [1.165, 1.54) is 12.8 Å². The van der Waals surface area contributed by atoms with Gasteiger partial charge in [0.1, 0.15) is 5.60 Å². The zero-order valence-electron chi connectivity index (χ0n) is 8.79. The first kappa shape index (κ1) is 9.36. The summed E-state index contributed by atoms with van der Waals surface area (Å²) in [5.74, 6) is 0.571. The van der Waals surface area contributed by atoms with Crippen molar-refractivity contribution in [3.63, 3.8) is 0 Å². The summed E-state index contributed by atoms with van der Waals surface area (Å²) < 4.78 is 0. The van der Waals surface area contributed by atoms with Crippen LogP contribution in [0.25, 0.3) is 0 Å². The highest BCUT2D eigenvalue weighted by Gasteiger charge is 2.41. The van der Waals surface area contributed by atoms with Gasteiger partial charge in [-0.3, -0.25) is 5.10 Å². The smallest absolute Gasteiger partial charge is 0.105 e. The van der Waals surface area contributed by atoms with Gasteiger partial charge in [0.15, 0.2) is 0 Å². The van der Waals surface area contributed by atoms with Gasteiger partial charge < -0.3 is 10.8 Å². The first-order valence-corrected chi connectivity index (χ1v) is 5.74. The van der Waals surface area contributed by atoms with E-state index in [1.807, 2.05) is 0 Å². The average Bonchev–Trinajstić information content (AvgIpc) is 2.99. The Morgan fingerprint density at radius 1 is 1.53 bits per heavy atom. The van der Waals surface area contributed by atoms with Gasteiger partial charge in [0, 0.05) is 23.7 Å². The molecule has 82 valence electrons. The van der Waals surface area contributed by atoms with E-state index in [4.69, 9.17) is 5.73 Å². The van der Waals surface area contributed by atoms with Crippen molar-refractivity contribution in [2.75, 3.05) is 6.54 Å². The van der Waals surface area contributed by atoms with Gasteiger partial charge in [0.05, 0.1) is 5.69 Å². The summed E-state index contributed by atoms with van der Waals surface area (Å²) >= 11 is 0. The number of aliphatic hydroxyl groups is 1. The molecule has 4 heteroatoms. The molecule has 3 rings (SSSR count). The molecule has 0 radical (unpaired) electrons. The van der Waals surface area contributed by atoms with Crippen LogP contribution in [0.15, 0.2) is 0 Å². The van der Waals surface area contributed by atoms with Crippen LogP contribution >= 0.6 is 0 Å². The van der Waals surface area contributed by atoms with Crippen LogP contribution in [0.4, 0.5) is 0 Å². The van der Waals surface area contributed by atoms with Crippen LogP contribution in [0.3, 0.4) is 0 Å². The van der Waals surface area contributed by atoms with Crippen molar-refractivity contribution in [1.82, 2.24) is 10.2 Å². The van der Waals surface area contributed by atoms with Crippen molar-refractivity contribution in [3.05, 3.63) is 17.0 Å². The highest BCUT2D eigenvalue weighted by molar-refractivity contribution is 5.38. The van der Waals surface area contributed by atoms with E-state index in [9.17, 15) is 5.11 Å². The second kappa shape index (κ2) is 3.06. The molecule has 0 amide bonds. The molecule has 4 nitrogen and oxygen atoms in total. The summed E-state index contributed by atoms with van der Waals surface area (Å²) in [7, 11) is 0. The van der Waals surface area contributed by atoms with Crippen molar-refractivity contribution < 1.29 is 5.11 Å². The molecule has 1 heterocycles. The summed E-state index contributed by atoms with van der Waals surface area (Å²) in [6, 6.07) is 0. The molecule has 0 saturated heterocycles. The number of fused-ring (bicyclic) bond motifs is 1. The van der Waals surface area contributed by atoms with Gasteiger partial charge in [-0.1, -0.05) is 0 Å². The van der Waals surface area contributed by atoms with E-state index in [-0.39, 0.29) is 0 Å². The van der Waals surface area contributed by atoms with E-state index >= 15 is 0 Å². The molecule has 0 bridgehead atoms. The normalized spacial score (nSPS) is 30.3. The standard InChI is InChI=1S/C11H17N3O/c12-6-11(15)5-1-2-8-9(11)10(14-13-8)7-3-4-7/h7,15H,1-6,12H2,(H,13,14). The Labute approximate surface area is 88.9 Å². The maximum atomic E-state index is 10.5. The van der Waals surface area contributed by atoms with Crippen molar-refractivity contribution in [3.8, 4) is 0 Å². The Bertz CT molecular complexity index is 383. The Morgan fingerprint density at radius 3 is 3.00 bits per heavy atom. The Hall–Kier alpha value is -0.870. The SMILES string of the molecule is NCC1(O)CCCc2[nH]nc(C3CC3)c21. The number of aryl methyl sites for hydroxylation is 1. The molecule has 0 aromatic carbocycles. The second-order valence-corrected chi connectivity index (χ2v) is 4.83. The van der Waals surface area contributed by atoms with Crippen LogP contribution < -0.4 is 5.73 Å². The lowest BCUT2D eigenvalue weighted by Crippen LogP contribution is -2.38.